The molecule has 2 saturated heterocycles. The molecule has 3 aromatic rings. The third kappa shape index (κ3) is 2.58. The van der Waals surface area contributed by atoms with Crippen LogP contribution < -0.4 is 15.4 Å². The van der Waals surface area contributed by atoms with E-state index in [4.69, 9.17) is 16.3 Å². The van der Waals surface area contributed by atoms with E-state index >= 15 is 0 Å². The van der Waals surface area contributed by atoms with Crippen molar-refractivity contribution in [3.63, 3.8) is 0 Å². The van der Waals surface area contributed by atoms with Crippen molar-refractivity contribution in [3.8, 4) is 5.75 Å². The number of carbonyl (C=O) groups is 3. The number of benzene rings is 3. The quantitative estimate of drug-likeness (QED) is 0.508. The maximum Gasteiger partial charge on any atom is 0.251 e. The van der Waals surface area contributed by atoms with E-state index in [0.29, 0.717) is 51.8 Å². The van der Waals surface area contributed by atoms with Crippen molar-refractivity contribution >= 4 is 40.6 Å². The molecule has 4 aliphatic rings. The molecule has 0 aromatic heterocycles. The second-order valence-corrected chi connectivity index (χ2v) is 10.6. The number of para-hydroxylation sites is 1. The lowest BCUT2D eigenvalue weighted by atomic mass is 9.57. The Morgan fingerprint density at radius 2 is 1.70 bits per heavy atom. The largest absolute Gasteiger partial charge is 0.497 e. The van der Waals surface area contributed by atoms with Crippen LogP contribution >= 0.6 is 11.6 Å². The van der Waals surface area contributed by atoms with Crippen molar-refractivity contribution in [2.75, 3.05) is 24.3 Å². The summed E-state index contributed by atoms with van der Waals surface area (Å²) in [6.45, 7) is 0.591. The van der Waals surface area contributed by atoms with Crippen LogP contribution in [0.2, 0.25) is 5.02 Å². The van der Waals surface area contributed by atoms with E-state index < -0.39 is 16.9 Å². The molecule has 0 aliphatic carbocycles. The van der Waals surface area contributed by atoms with Gasteiger partial charge in [0.15, 0.2) is 5.78 Å². The lowest BCUT2D eigenvalue weighted by molar-refractivity contribution is -0.137. The minimum atomic E-state index is -1.48. The van der Waals surface area contributed by atoms with Gasteiger partial charge in [0.1, 0.15) is 16.7 Å². The molecule has 2 N–H and O–H groups in total. The third-order valence-electron chi connectivity index (χ3n) is 8.72. The predicted octanol–water partition coefficient (Wildman–Crippen LogP) is 4.36. The molecule has 4 aliphatic heterocycles. The second kappa shape index (κ2) is 7.66. The predicted molar refractivity (Wildman–Crippen MR) is 139 cm³/mol. The molecular weight excluding hydrogens is 490 g/mol. The summed E-state index contributed by atoms with van der Waals surface area (Å²) in [6.07, 6.45) is 1.52. The van der Waals surface area contributed by atoms with E-state index in [1.807, 2.05) is 24.3 Å². The van der Waals surface area contributed by atoms with Gasteiger partial charge in [0, 0.05) is 33.6 Å². The normalized spacial score (nSPS) is 29.2. The standard InChI is InChI=1S/C29H24ClN3O4/c1-37-18-11-8-16(9-12-18)25(34)24-23-7-4-14-33(23)29(20-15-17(30)10-13-22(20)32-27(29)36)28(24)19-5-2-3-6-21(19)31-26(28)35/h2-3,5-6,8-13,15,23-24H,4,7,14H2,1H3,(H,31,35)(H,32,36). The molecule has 0 bridgehead atoms. The van der Waals surface area contributed by atoms with Gasteiger partial charge in [-0.25, -0.2) is 0 Å². The molecule has 4 heterocycles. The summed E-state index contributed by atoms with van der Waals surface area (Å²) >= 11 is 6.49. The van der Waals surface area contributed by atoms with Crippen molar-refractivity contribution in [2.24, 2.45) is 5.92 Å². The van der Waals surface area contributed by atoms with Crippen LogP contribution in [0.4, 0.5) is 11.4 Å². The number of ketones is 1. The Balaban J connectivity index is 1.56. The van der Waals surface area contributed by atoms with Crippen molar-refractivity contribution in [2.45, 2.75) is 29.8 Å². The fourth-order valence-corrected chi connectivity index (χ4v) is 7.66. The Labute approximate surface area is 218 Å². The van der Waals surface area contributed by atoms with Gasteiger partial charge >= 0.3 is 0 Å². The molecule has 7 nitrogen and oxygen atoms in total. The van der Waals surface area contributed by atoms with E-state index in [2.05, 4.69) is 15.5 Å². The molecule has 4 unspecified atom stereocenters. The lowest BCUT2D eigenvalue weighted by Crippen LogP contribution is -2.62. The number of nitrogens with one attached hydrogen (secondary N) is 2. The van der Waals surface area contributed by atoms with Crippen molar-refractivity contribution in [1.82, 2.24) is 4.90 Å². The highest BCUT2D eigenvalue weighted by Crippen LogP contribution is 2.68. The first kappa shape index (κ1) is 22.5. The number of fused-ring (bicyclic) bond motifs is 7. The van der Waals surface area contributed by atoms with E-state index in [9.17, 15) is 14.4 Å². The summed E-state index contributed by atoms with van der Waals surface area (Å²) in [4.78, 5) is 45.4. The van der Waals surface area contributed by atoms with Gasteiger partial charge in [-0.15, -0.1) is 0 Å². The number of halogens is 1. The fourth-order valence-electron chi connectivity index (χ4n) is 7.49. The SMILES string of the molecule is COc1ccc(C(=O)C2C3CCCN3C3(C(=O)Nc4ccc(Cl)cc43)C23C(=O)Nc2ccccc23)cc1. The van der Waals surface area contributed by atoms with Crippen molar-refractivity contribution < 1.29 is 19.1 Å². The number of amides is 2. The van der Waals surface area contributed by atoms with Gasteiger partial charge in [-0.2, -0.15) is 0 Å². The molecular formula is C29H24ClN3O4. The van der Waals surface area contributed by atoms with Crippen LogP contribution in [-0.4, -0.2) is 42.2 Å². The summed E-state index contributed by atoms with van der Waals surface area (Å²) in [6, 6.07) is 19.4. The Hall–Kier alpha value is -3.68. The van der Waals surface area contributed by atoms with E-state index in [0.717, 1.165) is 6.42 Å². The number of ether oxygens (including phenoxy) is 1. The van der Waals surface area contributed by atoms with Gasteiger partial charge in [-0.3, -0.25) is 19.3 Å². The molecule has 0 radical (unpaired) electrons. The van der Waals surface area contributed by atoms with Crippen LogP contribution in [0.15, 0.2) is 66.7 Å². The first-order valence-electron chi connectivity index (χ1n) is 12.4. The Morgan fingerprint density at radius 1 is 0.973 bits per heavy atom. The van der Waals surface area contributed by atoms with Crippen LogP contribution in [0.1, 0.15) is 34.3 Å². The van der Waals surface area contributed by atoms with Gasteiger partial charge in [0.2, 0.25) is 5.91 Å². The number of carbonyl (C=O) groups excluding carboxylic acids is 3. The molecule has 2 amide bonds. The van der Waals surface area contributed by atoms with Crippen LogP contribution in [0.3, 0.4) is 0 Å². The zero-order valence-corrected chi connectivity index (χ0v) is 20.8. The molecule has 3 aromatic carbocycles. The zero-order valence-electron chi connectivity index (χ0n) is 20.1. The Morgan fingerprint density at radius 3 is 2.49 bits per heavy atom. The maximum absolute atomic E-state index is 14.5. The number of hydrogen-bond acceptors (Lipinski definition) is 5. The molecule has 8 heteroatoms. The first-order valence-corrected chi connectivity index (χ1v) is 12.8. The van der Waals surface area contributed by atoms with Crippen LogP contribution in [-0.2, 0) is 20.5 Å². The smallest absolute Gasteiger partial charge is 0.251 e. The molecule has 186 valence electrons. The van der Waals surface area contributed by atoms with Gasteiger partial charge < -0.3 is 15.4 Å². The molecule has 37 heavy (non-hydrogen) atoms. The second-order valence-electron chi connectivity index (χ2n) is 10.1. The molecule has 7 rings (SSSR count). The van der Waals surface area contributed by atoms with Gasteiger partial charge in [0.25, 0.3) is 5.91 Å². The molecule has 2 fully saturated rings. The van der Waals surface area contributed by atoms with Crippen molar-refractivity contribution in [1.29, 1.82) is 0 Å². The van der Waals surface area contributed by atoms with Crippen molar-refractivity contribution in [3.05, 3.63) is 88.4 Å². The zero-order chi connectivity index (χ0) is 25.5. The van der Waals surface area contributed by atoms with E-state index in [1.54, 1.807) is 49.6 Å². The number of Topliss-reactive ketones (excluding diaryl/α,β-unsaturated/α-hetero) is 1. The maximum atomic E-state index is 14.5. The highest BCUT2D eigenvalue weighted by Gasteiger charge is 2.81. The monoisotopic (exact) mass is 513 g/mol. The lowest BCUT2D eigenvalue weighted by Gasteiger charge is -2.43. The van der Waals surface area contributed by atoms with Gasteiger partial charge in [-0.1, -0.05) is 29.8 Å². The van der Waals surface area contributed by atoms with Crippen LogP contribution in [0.5, 0.6) is 5.75 Å². The Bertz CT molecular complexity index is 1510. The fraction of sp³-hybridized carbons (Fsp3) is 0.276. The highest BCUT2D eigenvalue weighted by molar-refractivity contribution is 6.31. The number of rotatable bonds is 3. The molecule has 4 atom stereocenters. The highest BCUT2D eigenvalue weighted by atomic mass is 35.5. The van der Waals surface area contributed by atoms with Crippen LogP contribution in [0.25, 0.3) is 0 Å². The number of methoxy groups -OCH3 is 1. The summed E-state index contributed by atoms with van der Waals surface area (Å²) in [5.74, 6) is -0.944. The minimum Gasteiger partial charge on any atom is -0.497 e. The molecule has 2 spiro atoms. The third-order valence-corrected chi connectivity index (χ3v) is 8.95. The van der Waals surface area contributed by atoms with E-state index in [1.165, 1.54) is 0 Å². The van der Waals surface area contributed by atoms with E-state index in [-0.39, 0.29) is 23.6 Å². The molecule has 0 saturated carbocycles. The summed E-state index contributed by atoms with van der Waals surface area (Å²) in [7, 11) is 1.57. The first-order chi connectivity index (χ1) is 17.9. The minimum absolute atomic E-state index is 0.161. The summed E-state index contributed by atoms with van der Waals surface area (Å²) < 4.78 is 5.29. The number of anilines is 2. The average Bonchev–Trinajstić information content (AvgIpc) is 3.62. The van der Waals surface area contributed by atoms with Gasteiger partial charge in [-0.05, 0) is 73.5 Å². The van der Waals surface area contributed by atoms with Gasteiger partial charge in [0.05, 0.1) is 13.0 Å². The topological polar surface area (TPSA) is 87.7 Å². The summed E-state index contributed by atoms with van der Waals surface area (Å²) in [5, 5.41) is 6.55. The van der Waals surface area contributed by atoms with Crippen LogP contribution in [0, 0.1) is 5.92 Å². The average molecular weight is 514 g/mol. The Kier molecular flexibility index (Phi) is 4.66. The number of hydrogen-bond donors (Lipinski definition) is 2. The number of nitrogens with zero attached hydrogens (tertiary/aromatic N) is 1. The summed E-state index contributed by atoms with van der Waals surface area (Å²) in [5.41, 5.74) is 0.149.